The molecule has 0 saturated heterocycles. The van der Waals surface area contributed by atoms with Gasteiger partial charge < -0.3 is 10.2 Å². The molecule has 2 aromatic rings. The maximum absolute atomic E-state index is 5.76. The van der Waals surface area contributed by atoms with E-state index in [9.17, 15) is 0 Å². The zero-order valence-corrected chi connectivity index (χ0v) is 9.65. The van der Waals surface area contributed by atoms with Crippen LogP contribution >= 0.6 is 0 Å². The van der Waals surface area contributed by atoms with Crippen LogP contribution in [-0.2, 0) is 6.54 Å². The smallest absolute Gasteiger partial charge is 0.134 e. The van der Waals surface area contributed by atoms with Crippen molar-refractivity contribution < 1.29 is 4.42 Å². The summed E-state index contributed by atoms with van der Waals surface area (Å²) in [7, 11) is 0. The van der Waals surface area contributed by atoms with Crippen molar-refractivity contribution in [3.8, 4) is 0 Å². The predicted molar refractivity (Wildman–Crippen MR) is 66.2 cm³/mol. The summed E-state index contributed by atoms with van der Waals surface area (Å²) in [5.74, 6) is 1.01. The van der Waals surface area contributed by atoms with Gasteiger partial charge in [0.15, 0.2) is 0 Å². The summed E-state index contributed by atoms with van der Waals surface area (Å²) in [6.07, 6.45) is 0. The number of hydrogen-bond acceptors (Lipinski definition) is 3. The minimum Gasteiger partial charge on any atom is -0.460 e. The Morgan fingerprint density at radius 3 is 2.81 bits per heavy atom. The number of rotatable bonds is 5. The van der Waals surface area contributed by atoms with Crippen LogP contribution in [0.4, 0.5) is 0 Å². The summed E-state index contributed by atoms with van der Waals surface area (Å²) in [5, 5.41) is 1.17. The lowest BCUT2D eigenvalue weighted by molar-refractivity contribution is 0.266. The predicted octanol–water partition coefficient (Wildman–Crippen LogP) is 2.21. The molecule has 0 atom stereocenters. The van der Waals surface area contributed by atoms with Crippen molar-refractivity contribution in [3.05, 3.63) is 36.1 Å². The second-order valence-electron chi connectivity index (χ2n) is 3.91. The lowest BCUT2D eigenvalue weighted by Crippen LogP contribution is -2.28. The monoisotopic (exact) mass is 218 g/mol. The molecule has 2 rings (SSSR count). The van der Waals surface area contributed by atoms with E-state index in [2.05, 4.69) is 24.0 Å². The first kappa shape index (κ1) is 11.2. The van der Waals surface area contributed by atoms with Crippen molar-refractivity contribution in [2.45, 2.75) is 13.5 Å². The molecule has 1 heterocycles. The second kappa shape index (κ2) is 5.14. The molecule has 1 aromatic heterocycles. The van der Waals surface area contributed by atoms with Crippen molar-refractivity contribution in [3.63, 3.8) is 0 Å². The molecule has 0 fully saturated rings. The number of fused-ring (bicyclic) bond motifs is 1. The first-order valence-corrected chi connectivity index (χ1v) is 5.73. The van der Waals surface area contributed by atoms with E-state index in [0.717, 1.165) is 31.0 Å². The van der Waals surface area contributed by atoms with Crippen molar-refractivity contribution >= 4 is 11.0 Å². The minimum absolute atomic E-state index is 0.689. The normalized spacial score (nSPS) is 11.4. The number of para-hydroxylation sites is 1. The number of furan rings is 1. The summed E-state index contributed by atoms with van der Waals surface area (Å²) < 4.78 is 5.76. The number of hydrogen-bond donors (Lipinski definition) is 1. The van der Waals surface area contributed by atoms with Gasteiger partial charge in [-0.2, -0.15) is 0 Å². The zero-order valence-electron chi connectivity index (χ0n) is 9.65. The third-order valence-electron chi connectivity index (χ3n) is 2.75. The van der Waals surface area contributed by atoms with E-state index in [1.165, 1.54) is 5.39 Å². The molecule has 0 spiro atoms. The number of nitrogens with zero attached hydrogens (tertiary/aromatic N) is 1. The third kappa shape index (κ3) is 2.43. The summed E-state index contributed by atoms with van der Waals surface area (Å²) in [6, 6.07) is 10.2. The highest BCUT2D eigenvalue weighted by molar-refractivity contribution is 5.77. The average Bonchev–Trinajstić information content (AvgIpc) is 2.70. The fraction of sp³-hybridized carbons (Fsp3) is 0.385. The van der Waals surface area contributed by atoms with Gasteiger partial charge >= 0.3 is 0 Å². The molecule has 0 aliphatic heterocycles. The summed E-state index contributed by atoms with van der Waals surface area (Å²) >= 11 is 0. The van der Waals surface area contributed by atoms with Crippen LogP contribution in [0.15, 0.2) is 34.7 Å². The van der Waals surface area contributed by atoms with Gasteiger partial charge in [0.05, 0.1) is 6.54 Å². The van der Waals surface area contributed by atoms with E-state index in [-0.39, 0.29) is 0 Å². The van der Waals surface area contributed by atoms with Gasteiger partial charge in [-0.15, -0.1) is 0 Å². The van der Waals surface area contributed by atoms with E-state index in [1.54, 1.807) is 0 Å². The summed E-state index contributed by atoms with van der Waals surface area (Å²) in [5.41, 5.74) is 6.52. The van der Waals surface area contributed by atoms with Crippen LogP contribution in [0.1, 0.15) is 12.7 Å². The zero-order chi connectivity index (χ0) is 11.4. The van der Waals surface area contributed by atoms with Crippen molar-refractivity contribution in [1.29, 1.82) is 0 Å². The summed E-state index contributed by atoms with van der Waals surface area (Å²) in [4.78, 5) is 2.28. The van der Waals surface area contributed by atoms with Crippen molar-refractivity contribution in [2.75, 3.05) is 19.6 Å². The lowest BCUT2D eigenvalue weighted by atomic mass is 10.2. The highest BCUT2D eigenvalue weighted by Gasteiger charge is 2.07. The molecular formula is C13H18N2O. The van der Waals surface area contributed by atoms with Crippen molar-refractivity contribution in [1.82, 2.24) is 4.90 Å². The van der Waals surface area contributed by atoms with Crippen LogP contribution in [0.3, 0.4) is 0 Å². The molecule has 0 aliphatic rings. The Balaban J connectivity index is 2.14. The highest BCUT2D eigenvalue weighted by atomic mass is 16.3. The first-order chi connectivity index (χ1) is 7.83. The molecule has 0 bridgehead atoms. The average molecular weight is 218 g/mol. The molecular weight excluding hydrogens is 200 g/mol. The van der Waals surface area contributed by atoms with Gasteiger partial charge in [-0.05, 0) is 18.7 Å². The van der Waals surface area contributed by atoms with Gasteiger partial charge in [-0.1, -0.05) is 25.1 Å². The maximum Gasteiger partial charge on any atom is 0.134 e. The van der Waals surface area contributed by atoms with E-state index >= 15 is 0 Å². The Bertz CT molecular complexity index is 417. The van der Waals surface area contributed by atoms with Crippen molar-refractivity contribution in [2.24, 2.45) is 5.73 Å². The Hall–Kier alpha value is -1.32. The van der Waals surface area contributed by atoms with Crippen LogP contribution in [-0.4, -0.2) is 24.5 Å². The van der Waals surface area contributed by atoms with E-state index in [1.807, 2.05) is 18.2 Å². The molecule has 0 radical (unpaired) electrons. The van der Waals surface area contributed by atoms with Gasteiger partial charge in [0.25, 0.3) is 0 Å². The molecule has 0 unspecified atom stereocenters. The Labute approximate surface area is 95.8 Å². The van der Waals surface area contributed by atoms with Gasteiger partial charge in [0, 0.05) is 18.5 Å². The van der Waals surface area contributed by atoms with E-state index < -0.39 is 0 Å². The molecule has 2 N–H and O–H groups in total. The maximum atomic E-state index is 5.76. The molecule has 86 valence electrons. The Morgan fingerprint density at radius 2 is 2.12 bits per heavy atom. The molecule has 3 nitrogen and oxygen atoms in total. The van der Waals surface area contributed by atoms with E-state index in [0.29, 0.717) is 6.54 Å². The number of benzene rings is 1. The molecule has 0 aliphatic carbocycles. The van der Waals surface area contributed by atoms with Crippen LogP contribution < -0.4 is 5.73 Å². The van der Waals surface area contributed by atoms with Crippen LogP contribution in [0.25, 0.3) is 11.0 Å². The highest BCUT2D eigenvalue weighted by Crippen LogP contribution is 2.19. The molecule has 3 heteroatoms. The van der Waals surface area contributed by atoms with Gasteiger partial charge in [-0.3, -0.25) is 4.90 Å². The molecule has 0 saturated carbocycles. The molecule has 1 aromatic carbocycles. The Morgan fingerprint density at radius 1 is 1.31 bits per heavy atom. The van der Waals surface area contributed by atoms with Gasteiger partial charge in [-0.25, -0.2) is 0 Å². The lowest BCUT2D eigenvalue weighted by Gasteiger charge is -2.17. The largest absolute Gasteiger partial charge is 0.460 e. The summed E-state index contributed by atoms with van der Waals surface area (Å²) in [6.45, 7) is 5.57. The number of likely N-dealkylation sites (N-methyl/N-ethyl adjacent to an activating group) is 1. The van der Waals surface area contributed by atoms with Crippen LogP contribution in [0, 0.1) is 0 Å². The minimum atomic E-state index is 0.689. The van der Waals surface area contributed by atoms with Crippen LogP contribution in [0.2, 0.25) is 0 Å². The standard InChI is InChI=1S/C13H18N2O/c1-2-15(8-7-14)10-12-9-11-5-3-4-6-13(11)16-12/h3-6,9H,2,7-8,10,14H2,1H3. The van der Waals surface area contributed by atoms with Gasteiger partial charge in [0.2, 0.25) is 0 Å². The first-order valence-electron chi connectivity index (χ1n) is 5.73. The molecule has 16 heavy (non-hydrogen) atoms. The SMILES string of the molecule is CCN(CCN)Cc1cc2ccccc2o1. The second-order valence-corrected chi connectivity index (χ2v) is 3.91. The quantitative estimate of drug-likeness (QED) is 0.836. The van der Waals surface area contributed by atoms with Gasteiger partial charge in [0.1, 0.15) is 11.3 Å². The Kier molecular flexibility index (Phi) is 3.59. The molecule has 0 amide bonds. The fourth-order valence-corrected chi connectivity index (χ4v) is 1.87. The third-order valence-corrected chi connectivity index (χ3v) is 2.75. The van der Waals surface area contributed by atoms with Crippen LogP contribution in [0.5, 0.6) is 0 Å². The topological polar surface area (TPSA) is 42.4 Å². The van der Waals surface area contributed by atoms with E-state index in [4.69, 9.17) is 10.2 Å². The fourth-order valence-electron chi connectivity index (χ4n) is 1.87. The number of nitrogens with two attached hydrogens (primary N) is 1.